The van der Waals surface area contributed by atoms with Crippen LogP contribution >= 0.6 is 0 Å². The van der Waals surface area contributed by atoms with E-state index in [2.05, 4.69) is 4.98 Å². The summed E-state index contributed by atoms with van der Waals surface area (Å²) in [6, 6.07) is 1.91. The molecule has 1 saturated heterocycles. The van der Waals surface area contributed by atoms with Crippen molar-refractivity contribution in [2.45, 2.75) is 12.5 Å². The Morgan fingerprint density at radius 2 is 2.00 bits per heavy atom. The van der Waals surface area contributed by atoms with E-state index in [9.17, 15) is 18.7 Å². The summed E-state index contributed by atoms with van der Waals surface area (Å²) in [5.74, 6) is -2.33. The first-order valence-electron chi connectivity index (χ1n) is 4.38. The van der Waals surface area contributed by atoms with Gasteiger partial charge in [0.1, 0.15) is 0 Å². The summed E-state index contributed by atoms with van der Waals surface area (Å²) >= 11 is 0. The summed E-state index contributed by atoms with van der Waals surface area (Å²) in [4.78, 5) is 15.4. The van der Waals surface area contributed by atoms with Crippen LogP contribution in [-0.2, 0) is 4.79 Å². The molecule has 80 valence electrons. The maximum Gasteiger partial charge on any atom is 0.229 e. The highest BCUT2D eigenvalue weighted by Crippen LogP contribution is 2.22. The topological polar surface area (TPSA) is 53.4 Å². The highest BCUT2D eigenvalue weighted by molar-refractivity contribution is 5.95. The number of hydrogen-bond acceptors (Lipinski definition) is 3. The van der Waals surface area contributed by atoms with Crippen molar-refractivity contribution in [3.63, 3.8) is 0 Å². The Kier molecular flexibility index (Phi) is 2.36. The lowest BCUT2D eigenvalue weighted by Crippen LogP contribution is -2.25. The molecule has 2 rings (SSSR count). The van der Waals surface area contributed by atoms with Crippen molar-refractivity contribution in [1.82, 2.24) is 4.98 Å². The number of amides is 1. The summed E-state index contributed by atoms with van der Waals surface area (Å²) in [6.45, 7) is 0.0573. The third-order valence-electron chi connectivity index (χ3n) is 2.16. The lowest BCUT2D eigenvalue weighted by atomic mass is 10.3. The Morgan fingerprint density at radius 1 is 1.40 bits per heavy atom. The summed E-state index contributed by atoms with van der Waals surface area (Å²) in [6.07, 6.45) is -0.803. The van der Waals surface area contributed by atoms with Gasteiger partial charge in [0.15, 0.2) is 0 Å². The van der Waals surface area contributed by atoms with E-state index in [0.717, 1.165) is 17.0 Å². The molecule has 1 atom stereocenters. The predicted octanol–water partition coefficient (Wildman–Crippen LogP) is 0.457. The Hall–Kier alpha value is -1.56. The van der Waals surface area contributed by atoms with Crippen LogP contribution in [0, 0.1) is 11.9 Å². The maximum absolute atomic E-state index is 12.8. The van der Waals surface area contributed by atoms with Gasteiger partial charge < -0.3 is 10.0 Å². The lowest BCUT2D eigenvalue weighted by Gasteiger charge is -2.15. The predicted molar refractivity (Wildman–Crippen MR) is 47.1 cm³/mol. The number of anilines is 1. The van der Waals surface area contributed by atoms with E-state index in [1.165, 1.54) is 0 Å². The molecule has 1 amide bonds. The molecule has 0 radical (unpaired) electrons. The zero-order chi connectivity index (χ0) is 11.0. The van der Waals surface area contributed by atoms with Crippen LogP contribution in [0.1, 0.15) is 6.42 Å². The second-order valence-corrected chi connectivity index (χ2v) is 3.33. The molecular formula is C9H8F2N2O2. The molecule has 2 heterocycles. The number of pyridine rings is 1. The minimum absolute atomic E-state index is 0.0223. The smallest absolute Gasteiger partial charge is 0.229 e. The molecule has 0 spiro atoms. The minimum atomic E-state index is -0.987. The van der Waals surface area contributed by atoms with Gasteiger partial charge in [-0.1, -0.05) is 0 Å². The van der Waals surface area contributed by atoms with E-state index in [1.54, 1.807) is 0 Å². The van der Waals surface area contributed by atoms with E-state index < -0.39 is 18.0 Å². The quantitative estimate of drug-likeness (QED) is 0.691. The first-order valence-corrected chi connectivity index (χ1v) is 4.38. The fourth-order valence-corrected chi connectivity index (χ4v) is 1.55. The van der Waals surface area contributed by atoms with Crippen LogP contribution < -0.4 is 4.90 Å². The molecule has 1 N–H and O–H groups in total. The van der Waals surface area contributed by atoms with Gasteiger partial charge in [0, 0.05) is 12.1 Å². The van der Waals surface area contributed by atoms with Gasteiger partial charge in [-0.15, -0.1) is 0 Å². The van der Waals surface area contributed by atoms with Gasteiger partial charge in [-0.05, 0) is 0 Å². The summed E-state index contributed by atoms with van der Waals surface area (Å²) in [7, 11) is 0. The maximum atomic E-state index is 12.8. The zero-order valence-corrected chi connectivity index (χ0v) is 7.65. The fraction of sp³-hybridized carbons (Fsp3) is 0.333. The molecular weight excluding hydrogens is 206 g/mol. The van der Waals surface area contributed by atoms with Gasteiger partial charge in [0.05, 0.1) is 24.8 Å². The first kappa shape index (κ1) is 9.97. The molecule has 0 aromatic carbocycles. The molecule has 4 nitrogen and oxygen atoms in total. The van der Waals surface area contributed by atoms with Gasteiger partial charge in [0.2, 0.25) is 17.8 Å². The van der Waals surface area contributed by atoms with Crippen molar-refractivity contribution in [2.24, 2.45) is 0 Å². The number of nitrogens with zero attached hydrogens (tertiary/aromatic N) is 2. The molecule has 1 aromatic rings. The van der Waals surface area contributed by atoms with Crippen LogP contribution in [0.15, 0.2) is 12.1 Å². The number of carbonyl (C=O) groups excluding carboxylic acids is 1. The highest BCUT2D eigenvalue weighted by Gasteiger charge is 2.29. The first-order chi connectivity index (χ1) is 7.06. The Labute approximate surface area is 84.2 Å². The van der Waals surface area contributed by atoms with Crippen molar-refractivity contribution >= 4 is 11.6 Å². The number of hydrogen-bond donors (Lipinski definition) is 1. The van der Waals surface area contributed by atoms with Gasteiger partial charge in [0.25, 0.3) is 0 Å². The monoisotopic (exact) mass is 214 g/mol. The number of aromatic nitrogens is 1. The Balaban J connectivity index is 2.33. The molecule has 1 fully saturated rings. The van der Waals surface area contributed by atoms with Crippen LogP contribution in [0.25, 0.3) is 0 Å². The van der Waals surface area contributed by atoms with Crippen molar-refractivity contribution in [3.05, 3.63) is 24.0 Å². The van der Waals surface area contributed by atoms with Crippen molar-refractivity contribution in [1.29, 1.82) is 0 Å². The van der Waals surface area contributed by atoms with Crippen LogP contribution in [0.4, 0.5) is 14.5 Å². The molecule has 1 aromatic heterocycles. The fourth-order valence-electron chi connectivity index (χ4n) is 1.55. The zero-order valence-electron chi connectivity index (χ0n) is 7.65. The van der Waals surface area contributed by atoms with Crippen LogP contribution in [0.3, 0.4) is 0 Å². The average molecular weight is 214 g/mol. The average Bonchev–Trinajstić information content (AvgIpc) is 2.43. The van der Waals surface area contributed by atoms with E-state index in [1.807, 2.05) is 0 Å². The minimum Gasteiger partial charge on any atom is -0.391 e. The van der Waals surface area contributed by atoms with E-state index in [0.29, 0.717) is 0 Å². The molecule has 6 heteroatoms. The normalized spacial score (nSPS) is 21.1. The van der Waals surface area contributed by atoms with Crippen LogP contribution in [0.5, 0.6) is 0 Å². The molecule has 1 unspecified atom stereocenters. The molecule has 0 saturated carbocycles. The van der Waals surface area contributed by atoms with Crippen LogP contribution in [0.2, 0.25) is 0 Å². The largest absolute Gasteiger partial charge is 0.391 e. The second kappa shape index (κ2) is 3.54. The summed E-state index contributed by atoms with van der Waals surface area (Å²) < 4.78 is 25.5. The number of aliphatic hydroxyl groups excluding tert-OH is 1. The van der Waals surface area contributed by atoms with Crippen molar-refractivity contribution in [2.75, 3.05) is 11.4 Å². The number of halogens is 2. The van der Waals surface area contributed by atoms with Gasteiger partial charge in [-0.2, -0.15) is 13.8 Å². The SMILES string of the molecule is O=C1CC(O)CN1c1cc(F)nc(F)c1. The highest BCUT2D eigenvalue weighted by atomic mass is 19.1. The number of aliphatic hydroxyl groups is 1. The number of β-amino-alcohol motifs (C(OH)–C–C–N with tert-alkyl or cyclic N) is 1. The third kappa shape index (κ3) is 1.94. The lowest BCUT2D eigenvalue weighted by molar-refractivity contribution is -0.117. The summed E-state index contributed by atoms with van der Waals surface area (Å²) in [5.41, 5.74) is 0.0848. The molecule has 0 aliphatic carbocycles. The molecule has 0 bridgehead atoms. The Bertz CT molecular complexity index is 391. The summed E-state index contributed by atoms with van der Waals surface area (Å²) in [5, 5.41) is 9.20. The molecule has 1 aliphatic rings. The van der Waals surface area contributed by atoms with Gasteiger partial charge in [-0.3, -0.25) is 4.79 Å². The van der Waals surface area contributed by atoms with Crippen molar-refractivity contribution in [3.8, 4) is 0 Å². The van der Waals surface area contributed by atoms with Crippen LogP contribution in [-0.4, -0.2) is 28.6 Å². The molecule has 15 heavy (non-hydrogen) atoms. The number of rotatable bonds is 1. The van der Waals surface area contributed by atoms with E-state index in [-0.39, 0.29) is 24.6 Å². The van der Waals surface area contributed by atoms with E-state index >= 15 is 0 Å². The van der Waals surface area contributed by atoms with Crippen molar-refractivity contribution < 1.29 is 18.7 Å². The van der Waals surface area contributed by atoms with Gasteiger partial charge in [-0.25, -0.2) is 0 Å². The van der Waals surface area contributed by atoms with E-state index in [4.69, 9.17) is 0 Å². The second-order valence-electron chi connectivity index (χ2n) is 3.33. The Morgan fingerprint density at radius 3 is 2.47 bits per heavy atom. The standard InChI is InChI=1S/C9H8F2N2O2/c10-7-1-5(2-8(11)12-7)13-4-6(14)3-9(13)15/h1-2,6,14H,3-4H2. The third-order valence-corrected chi connectivity index (χ3v) is 2.16. The molecule has 1 aliphatic heterocycles. The van der Waals surface area contributed by atoms with Gasteiger partial charge >= 0.3 is 0 Å². The number of carbonyl (C=O) groups is 1.